The minimum absolute atomic E-state index is 0.0705. The number of anilines is 2. The van der Waals surface area contributed by atoms with Crippen LogP contribution in [0.5, 0.6) is 0 Å². The Morgan fingerprint density at radius 1 is 0.791 bits per heavy atom. The normalized spacial score (nSPS) is 11.9. The van der Waals surface area contributed by atoms with Crippen LogP contribution in [-0.4, -0.2) is 28.0 Å². The summed E-state index contributed by atoms with van der Waals surface area (Å²) in [5.41, 5.74) is 2.44. The smallest absolute Gasteiger partial charge is 0.272 e. The Bertz CT molecular complexity index is 1770. The number of rotatable bonds is 10. The van der Waals surface area contributed by atoms with E-state index in [0.29, 0.717) is 23.2 Å². The number of pyridine rings is 1. The van der Waals surface area contributed by atoms with E-state index < -0.39 is 11.8 Å². The summed E-state index contributed by atoms with van der Waals surface area (Å²) in [7, 11) is 0. The van der Waals surface area contributed by atoms with Gasteiger partial charge in [-0.15, -0.1) is 11.8 Å². The molecule has 1 heterocycles. The minimum Gasteiger partial charge on any atom is -0.325 e. The molecule has 5 aromatic rings. The Morgan fingerprint density at radius 3 is 2.33 bits per heavy atom. The number of hydrogen-bond acceptors (Lipinski definition) is 5. The van der Waals surface area contributed by atoms with E-state index in [1.54, 1.807) is 60.9 Å². The van der Waals surface area contributed by atoms with E-state index in [0.717, 1.165) is 21.4 Å². The monoisotopic (exact) mass is 586 g/mol. The first-order chi connectivity index (χ1) is 21.0. The molecule has 43 heavy (non-hydrogen) atoms. The zero-order valence-corrected chi connectivity index (χ0v) is 24.3. The fourth-order valence-electron chi connectivity index (χ4n) is 4.39. The number of benzene rings is 4. The van der Waals surface area contributed by atoms with Crippen LogP contribution in [0.3, 0.4) is 0 Å². The Morgan fingerprint density at radius 2 is 1.56 bits per heavy atom. The van der Waals surface area contributed by atoms with E-state index in [9.17, 15) is 14.4 Å². The standard InChI is InChI=1S/C35H30N4O3S/c1-2-32(35(42)38-29-18-17-25-11-6-7-14-27(25)21-29)43-30-16-8-15-28(22-30)37-34(41)31(20-24-10-9-19-36-23-24)39-33(40)26-12-4-3-5-13-26/h3-23,32H,2H2,1H3,(H,37,41)(H,38,42)(H,39,40)/b31-20-. The predicted octanol–water partition coefficient (Wildman–Crippen LogP) is 7.15. The number of carbonyl (C=O) groups excluding carboxylic acids is 3. The van der Waals surface area contributed by atoms with Gasteiger partial charge in [-0.3, -0.25) is 19.4 Å². The third-order valence-electron chi connectivity index (χ3n) is 6.57. The van der Waals surface area contributed by atoms with Crippen molar-refractivity contribution in [1.82, 2.24) is 10.3 Å². The Balaban J connectivity index is 1.28. The molecule has 3 N–H and O–H groups in total. The molecule has 0 spiro atoms. The third-order valence-corrected chi connectivity index (χ3v) is 7.93. The van der Waals surface area contributed by atoms with E-state index >= 15 is 0 Å². The van der Waals surface area contributed by atoms with Gasteiger partial charge >= 0.3 is 0 Å². The number of thioether (sulfide) groups is 1. The molecule has 0 bridgehead atoms. The lowest BCUT2D eigenvalue weighted by Crippen LogP contribution is -2.30. The fraction of sp³-hybridized carbons (Fsp3) is 0.0857. The molecule has 0 fully saturated rings. The molecule has 0 saturated heterocycles. The van der Waals surface area contributed by atoms with Crippen LogP contribution in [0, 0.1) is 0 Å². The second kappa shape index (κ2) is 14.1. The summed E-state index contributed by atoms with van der Waals surface area (Å²) < 4.78 is 0. The van der Waals surface area contributed by atoms with Crippen LogP contribution in [0.15, 0.2) is 132 Å². The van der Waals surface area contributed by atoms with Crippen molar-refractivity contribution in [1.29, 1.82) is 0 Å². The lowest BCUT2D eigenvalue weighted by Gasteiger charge is -2.16. The van der Waals surface area contributed by atoms with Gasteiger partial charge in [0.25, 0.3) is 11.8 Å². The number of aromatic nitrogens is 1. The number of amides is 3. The maximum absolute atomic E-state index is 13.4. The molecule has 1 unspecified atom stereocenters. The molecule has 0 aliphatic heterocycles. The number of carbonyl (C=O) groups is 3. The maximum Gasteiger partial charge on any atom is 0.272 e. The number of nitrogens with zero attached hydrogens (tertiary/aromatic N) is 1. The average molecular weight is 587 g/mol. The summed E-state index contributed by atoms with van der Waals surface area (Å²) in [6.07, 6.45) is 5.43. The van der Waals surface area contributed by atoms with Gasteiger partial charge in [-0.25, -0.2) is 0 Å². The van der Waals surface area contributed by atoms with Gasteiger partial charge in [-0.2, -0.15) is 0 Å². The molecule has 3 amide bonds. The average Bonchev–Trinajstić information content (AvgIpc) is 3.04. The van der Waals surface area contributed by atoms with Crippen molar-refractivity contribution in [3.8, 4) is 0 Å². The predicted molar refractivity (Wildman–Crippen MR) is 174 cm³/mol. The molecule has 0 saturated carbocycles. The summed E-state index contributed by atoms with van der Waals surface area (Å²) in [6, 6.07) is 33.4. The highest BCUT2D eigenvalue weighted by molar-refractivity contribution is 8.00. The largest absolute Gasteiger partial charge is 0.325 e. The summed E-state index contributed by atoms with van der Waals surface area (Å²) in [6.45, 7) is 1.97. The summed E-state index contributed by atoms with van der Waals surface area (Å²) in [4.78, 5) is 44.4. The molecule has 0 aliphatic carbocycles. The van der Waals surface area contributed by atoms with Crippen molar-refractivity contribution >= 4 is 57.7 Å². The van der Waals surface area contributed by atoms with Gasteiger partial charge in [0.15, 0.2) is 0 Å². The first kappa shape index (κ1) is 29.3. The van der Waals surface area contributed by atoms with Crippen molar-refractivity contribution in [3.63, 3.8) is 0 Å². The molecule has 0 radical (unpaired) electrons. The molecule has 5 rings (SSSR count). The van der Waals surface area contributed by atoms with Gasteiger partial charge < -0.3 is 16.0 Å². The molecule has 7 nitrogen and oxygen atoms in total. The quantitative estimate of drug-likeness (QED) is 0.119. The van der Waals surface area contributed by atoms with E-state index in [2.05, 4.69) is 20.9 Å². The zero-order chi connectivity index (χ0) is 30.0. The summed E-state index contributed by atoms with van der Waals surface area (Å²) in [5, 5.41) is 10.5. The third kappa shape index (κ3) is 7.96. The van der Waals surface area contributed by atoms with Crippen molar-refractivity contribution in [3.05, 3.63) is 138 Å². The maximum atomic E-state index is 13.4. The molecule has 0 aliphatic rings. The van der Waals surface area contributed by atoms with Gasteiger partial charge in [0, 0.05) is 34.2 Å². The number of fused-ring (bicyclic) bond motifs is 1. The second-order valence-corrected chi connectivity index (χ2v) is 11.0. The van der Waals surface area contributed by atoms with Gasteiger partial charge in [0.1, 0.15) is 5.70 Å². The van der Waals surface area contributed by atoms with E-state index in [-0.39, 0.29) is 16.9 Å². The van der Waals surface area contributed by atoms with Gasteiger partial charge in [0.2, 0.25) is 5.91 Å². The lowest BCUT2D eigenvalue weighted by molar-refractivity contribution is -0.116. The van der Waals surface area contributed by atoms with Crippen LogP contribution in [0.25, 0.3) is 16.8 Å². The topological polar surface area (TPSA) is 100 Å². The van der Waals surface area contributed by atoms with E-state index in [4.69, 9.17) is 0 Å². The highest BCUT2D eigenvalue weighted by Gasteiger charge is 2.19. The van der Waals surface area contributed by atoms with E-state index in [1.807, 2.05) is 73.7 Å². The van der Waals surface area contributed by atoms with Gasteiger partial charge in [0.05, 0.1) is 5.25 Å². The molecular weight excluding hydrogens is 556 g/mol. The van der Waals surface area contributed by atoms with Crippen LogP contribution in [0.4, 0.5) is 11.4 Å². The number of hydrogen-bond donors (Lipinski definition) is 3. The van der Waals surface area contributed by atoms with Crippen molar-refractivity contribution in [2.75, 3.05) is 10.6 Å². The molecule has 1 atom stereocenters. The summed E-state index contributed by atoms with van der Waals surface area (Å²) in [5.74, 6) is -0.989. The summed E-state index contributed by atoms with van der Waals surface area (Å²) >= 11 is 1.42. The lowest BCUT2D eigenvalue weighted by atomic mass is 10.1. The van der Waals surface area contributed by atoms with Crippen LogP contribution >= 0.6 is 11.8 Å². The molecule has 214 valence electrons. The van der Waals surface area contributed by atoms with Crippen LogP contribution in [-0.2, 0) is 9.59 Å². The Labute approximate surface area is 254 Å². The molecule has 8 heteroatoms. The minimum atomic E-state index is -0.489. The van der Waals surface area contributed by atoms with Crippen LogP contribution in [0.1, 0.15) is 29.3 Å². The highest BCUT2D eigenvalue weighted by atomic mass is 32.2. The fourth-order valence-corrected chi connectivity index (χ4v) is 5.41. The highest BCUT2D eigenvalue weighted by Crippen LogP contribution is 2.29. The first-order valence-corrected chi connectivity index (χ1v) is 14.7. The van der Waals surface area contributed by atoms with Gasteiger partial charge in [-0.05, 0) is 77.4 Å². The van der Waals surface area contributed by atoms with Gasteiger partial charge in [-0.1, -0.05) is 67.6 Å². The first-order valence-electron chi connectivity index (χ1n) is 13.8. The molecular formula is C35H30N4O3S. The second-order valence-electron chi connectivity index (χ2n) is 9.71. The Kier molecular flexibility index (Phi) is 9.61. The molecule has 1 aromatic heterocycles. The van der Waals surface area contributed by atoms with Crippen molar-refractivity contribution in [2.24, 2.45) is 0 Å². The van der Waals surface area contributed by atoms with Crippen LogP contribution in [0.2, 0.25) is 0 Å². The van der Waals surface area contributed by atoms with Crippen molar-refractivity contribution in [2.45, 2.75) is 23.5 Å². The zero-order valence-electron chi connectivity index (χ0n) is 23.5. The number of nitrogens with one attached hydrogen (secondary N) is 3. The Hall–Kier alpha value is -5.21. The molecule has 4 aromatic carbocycles. The van der Waals surface area contributed by atoms with Crippen molar-refractivity contribution < 1.29 is 14.4 Å². The van der Waals surface area contributed by atoms with Crippen LogP contribution < -0.4 is 16.0 Å². The van der Waals surface area contributed by atoms with E-state index in [1.165, 1.54) is 11.8 Å². The SMILES string of the molecule is CCC(Sc1cccc(NC(=O)/C(=C/c2cccnc2)NC(=O)c2ccccc2)c1)C(=O)Nc1ccc2ccccc2c1.